The summed E-state index contributed by atoms with van der Waals surface area (Å²) in [6, 6.07) is 7.37. The number of para-hydroxylation sites is 1. The van der Waals surface area contributed by atoms with Gasteiger partial charge in [-0.05, 0) is 37.0 Å². The molecule has 0 radical (unpaired) electrons. The molecule has 0 saturated carbocycles. The monoisotopic (exact) mass is 386 g/mol. The third-order valence-corrected chi connectivity index (χ3v) is 4.80. The minimum absolute atomic E-state index is 0.162. The van der Waals surface area contributed by atoms with Crippen LogP contribution in [0.25, 0.3) is 11.0 Å². The highest BCUT2D eigenvalue weighted by molar-refractivity contribution is 6.43. The standard InChI is InChI=1S/C19H23BN2O6/c1-2-18(23)22-9-5-6-14(11-22)28-19(24)21-17(20(25)26)10-13-12-27-16-8-4-3-7-15(13)16/h2-4,7-8,12,14,17,25-26H,1,5-6,9-11H2,(H,21,24)/t14-,17?/m0/s1. The van der Waals surface area contributed by atoms with Crippen LogP contribution in [0.2, 0.25) is 0 Å². The molecule has 3 rings (SSSR count). The second kappa shape index (κ2) is 8.94. The lowest BCUT2D eigenvalue weighted by atomic mass is 9.76. The number of rotatable bonds is 6. The normalized spacial score (nSPS) is 17.8. The van der Waals surface area contributed by atoms with E-state index in [2.05, 4.69) is 11.9 Å². The number of hydrogen-bond acceptors (Lipinski definition) is 6. The number of nitrogens with one attached hydrogen (secondary N) is 1. The van der Waals surface area contributed by atoms with Gasteiger partial charge >= 0.3 is 13.2 Å². The molecule has 9 heteroatoms. The van der Waals surface area contributed by atoms with Crippen molar-refractivity contribution in [3.05, 3.63) is 48.7 Å². The zero-order valence-corrected chi connectivity index (χ0v) is 15.4. The lowest BCUT2D eigenvalue weighted by molar-refractivity contribution is -0.129. The van der Waals surface area contributed by atoms with Crippen molar-refractivity contribution in [1.82, 2.24) is 10.2 Å². The Balaban J connectivity index is 1.60. The molecule has 8 nitrogen and oxygen atoms in total. The molecule has 1 aliphatic heterocycles. The van der Waals surface area contributed by atoms with Gasteiger partial charge in [-0.3, -0.25) is 4.79 Å². The number of ether oxygens (including phenoxy) is 1. The van der Waals surface area contributed by atoms with Crippen molar-refractivity contribution >= 4 is 30.1 Å². The predicted molar refractivity (Wildman–Crippen MR) is 103 cm³/mol. The highest BCUT2D eigenvalue weighted by Gasteiger charge is 2.30. The van der Waals surface area contributed by atoms with Crippen molar-refractivity contribution in [2.75, 3.05) is 13.1 Å². The van der Waals surface area contributed by atoms with Gasteiger partial charge in [-0.15, -0.1) is 0 Å². The number of amides is 2. The van der Waals surface area contributed by atoms with E-state index in [1.807, 2.05) is 24.3 Å². The van der Waals surface area contributed by atoms with Gasteiger partial charge in [-0.2, -0.15) is 0 Å². The van der Waals surface area contributed by atoms with E-state index in [1.54, 1.807) is 4.90 Å². The van der Waals surface area contributed by atoms with Gasteiger partial charge in [-0.25, -0.2) is 4.79 Å². The Morgan fingerprint density at radius 3 is 2.96 bits per heavy atom. The van der Waals surface area contributed by atoms with Crippen LogP contribution in [-0.2, 0) is 16.0 Å². The molecule has 2 heterocycles. The first-order valence-corrected chi connectivity index (χ1v) is 9.17. The molecule has 0 bridgehead atoms. The van der Waals surface area contributed by atoms with E-state index in [4.69, 9.17) is 9.15 Å². The number of benzene rings is 1. The zero-order chi connectivity index (χ0) is 20.1. The highest BCUT2D eigenvalue weighted by Crippen LogP contribution is 2.22. The van der Waals surface area contributed by atoms with E-state index in [0.717, 1.165) is 10.9 Å². The summed E-state index contributed by atoms with van der Waals surface area (Å²) in [5, 5.41) is 22.7. The fourth-order valence-electron chi connectivity index (χ4n) is 3.36. The fourth-order valence-corrected chi connectivity index (χ4v) is 3.36. The Labute approximate surface area is 162 Å². The number of piperidine rings is 1. The number of nitrogens with zero attached hydrogens (tertiary/aromatic N) is 1. The zero-order valence-electron chi connectivity index (χ0n) is 15.4. The van der Waals surface area contributed by atoms with Crippen molar-refractivity contribution < 1.29 is 28.8 Å². The summed E-state index contributed by atoms with van der Waals surface area (Å²) in [4.78, 5) is 25.6. The van der Waals surface area contributed by atoms with Crippen LogP contribution < -0.4 is 5.32 Å². The topological polar surface area (TPSA) is 112 Å². The fraction of sp³-hybridized carbons (Fsp3) is 0.368. The Kier molecular flexibility index (Phi) is 6.38. The summed E-state index contributed by atoms with van der Waals surface area (Å²) in [5.41, 5.74) is 1.43. The van der Waals surface area contributed by atoms with E-state index in [9.17, 15) is 19.6 Å². The molecule has 3 N–H and O–H groups in total. The van der Waals surface area contributed by atoms with E-state index in [-0.39, 0.29) is 18.9 Å². The first-order chi connectivity index (χ1) is 13.5. The molecule has 2 aromatic rings. The summed E-state index contributed by atoms with van der Waals surface area (Å²) in [7, 11) is -1.77. The van der Waals surface area contributed by atoms with Crippen LogP contribution in [0.15, 0.2) is 47.6 Å². The van der Waals surface area contributed by atoms with Crippen LogP contribution in [0.4, 0.5) is 4.79 Å². The summed E-state index contributed by atoms with van der Waals surface area (Å²) >= 11 is 0. The second-order valence-electron chi connectivity index (χ2n) is 6.78. The summed E-state index contributed by atoms with van der Waals surface area (Å²) in [6.07, 6.45) is 3.06. The minimum atomic E-state index is -1.77. The Hall–Kier alpha value is -2.78. The lowest BCUT2D eigenvalue weighted by Crippen LogP contribution is -2.50. The van der Waals surface area contributed by atoms with Crippen LogP contribution >= 0.6 is 0 Å². The SMILES string of the molecule is C=CC(=O)N1CCC[C@H](OC(=O)NC(Cc2coc3ccccc23)B(O)O)C1. The van der Waals surface area contributed by atoms with E-state index in [1.165, 1.54) is 12.3 Å². The van der Waals surface area contributed by atoms with E-state index in [0.29, 0.717) is 25.0 Å². The van der Waals surface area contributed by atoms with Crippen molar-refractivity contribution in [1.29, 1.82) is 0 Å². The van der Waals surface area contributed by atoms with Gasteiger partial charge in [0.2, 0.25) is 5.91 Å². The van der Waals surface area contributed by atoms with Crippen LogP contribution in [-0.4, -0.2) is 59.2 Å². The largest absolute Gasteiger partial charge is 0.475 e. The van der Waals surface area contributed by atoms with Gasteiger partial charge in [0, 0.05) is 11.9 Å². The molecule has 1 aromatic carbocycles. The minimum Gasteiger partial charge on any atom is -0.464 e. The molecule has 1 saturated heterocycles. The summed E-state index contributed by atoms with van der Waals surface area (Å²) in [6.45, 7) is 4.35. The average molecular weight is 386 g/mol. The molecule has 1 fully saturated rings. The van der Waals surface area contributed by atoms with Gasteiger partial charge in [0.15, 0.2) is 0 Å². The maximum Gasteiger partial charge on any atom is 0.475 e. The number of alkyl carbamates (subject to hydrolysis) is 1. The highest BCUT2D eigenvalue weighted by atomic mass is 16.6. The number of likely N-dealkylation sites (tertiary alicyclic amines) is 1. The second-order valence-corrected chi connectivity index (χ2v) is 6.78. The molecule has 1 unspecified atom stereocenters. The van der Waals surface area contributed by atoms with Crippen molar-refractivity contribution in [3.63, 3.8) is 0 Å². The van der Waals surface area contributed by atoms with Crippen molar-refractivity contribution in [3.8, 4) is 0 Å². The summed E-state index contributed by atoms with van der Waals surface area (Å²) in [5.74, 6) is -1.17. The number of carbonyl (C=O) groups is 2. The third-order valence-electron chi connectivity index (χ3n) is 4.80. The quantitative estimate of drug-likeness (QED) is 0.509. The number of hydrogen-bond donors (Lipinski definition) is 3. The maximum absolute atomic E-state index is 12.3. The third kappa shape index (κ3) is 4.73. The molecule has 1 aliphatic rings. The lowest BCUT2D eigenvalue weighted by Gasteiger charge is -2.32. The van der Waals surface area contributed by atoms with Gasteiger partial charge in [0.25, 0.3) is 0 Å². The summed E-state index contributed by atoms with van der Waals surface area (Å²) < 4.78 is 10.8. The number of fused-ring (bicyclic) bond motifs is 1. The average Bonchev–Trinajstić information content (AvgIpc) is 3.10. The Morgan fingerprint density at radius 1 is 1.43 bits per heavy atom. The molecule has 28 heavy (non-hydrogen) atoms. The Morgan fingerprint density at radius 2 is 2.21 bits per heavy atom. The first kappa shape index (κ1) is 20.0. The van der Waals surface area contributed by atoms with Crippen LogP contribution in [0.1, 0.15) is 18.4 Å². The van der Waals surface area contributed by atoms with Gasteiger partial charge in [0.05, 0.1) is 18.7 Å². The molecule has 0 aliphatic carbocycles. The number of furan rings is 1. The van der Waals surface area contributed by atoms with Crippen molar-refractivity contribution in [2.24, 2.45) is 0 Å². The molecule has 2 atom stereocenters. The van der Waals surface area contributed by atoms with Crippen LogP contribution in [0.3, 0.4) is 0 Å². The van der Waals surface area contributed by atoms with E-state index >= 15 is 0 Å². The van der Waals surface area contributed by atoms with Crippen molar-refractivity contribution in [2.45, 2.75) is 31.3 Å². The molecular weight excluding hydrogens is 363 g/mol. The van der Waals surface area contributed by atoms with Crippen LogP contribution in [0, 0.1) is 0 Å². The van der Waals surface area contributed by atoms with E-state index < -0.39 is 25.3 Å². The number of carbonyl (C=O) groups excluding carboxylic acids is 2. The molecule has 1 aromatic heterocycles. The Bertz CT molecular complexity index is 852. The van der Waals surface area contributed by atoms with Gasteiger partial charge < -0.3 is 29.4 Å². The molecule has 148 valence electrons. The molecule has 0 spiro atoms. The van der Waals surface area contributed by atoms with Gasteiger partial charge in [0.1, 0.15) is 11.7 Å². The smallest absolute Gasteiger partial charge is 0.464 e. The maximum atomic E-state index is 12.3. The molecular formula is C19H23BN2O6. The predicted octanol–water partition coefficient (Wildman–Crippen LogP) is 1.26. The first-order valence-electron chi connectivity index (χ1n) is 9.17. The van der Waals surface area contributed by atoms with Crippen LogP contribution in [0.5, 0.6) is 0 Å². The molecule has 2 amide bonds. The van der Waals surface area contributed by atoms with Gasteiger partial charge in [-0.1, -0.05) is 24.8 Å².